The number of anilines is 1. The van der Waals surface area contributed by atoms with E-state index in [2.05, 4.69) is 41.7 Å². The summed E-state index contributed by atoms with van der Waals surface area (Å²) in [6.45, 7) is 0. The molecule has 0 bridgehead atoms. The van der Waals surface area contributed by atoms with Crippen LogP contribution in [0.4, 0.5) is 5.69 Å². The number of rotatable bonds is 2. The third-order valence-corrected chi connectivity index (χ3v) is 4.77. The van der Waals surface area contributed by atoms with Gasteiger partial charge in [0.25, 0.3) is 0 Å². The van der Waals surface area contributed by atoms with E-state index in [-0.39, 0.29) is 6.04 Å². The monoisotopic (exact) mass is 291 g/mol. The Morgan fingerprint density at radius 1 is 1.14 bits per heavy atom. The molecule has 3 atom stereocenters. The van der Waals surface area contributed by atoms with E-state index in [4.69, 9.17) is 0 Å². The van der Waals surface area contributed by atoms with Gasteiger partial charge in [-0.15, -0.1) is 0 Å². The Bertz CT molecular complexity index is 751. The van der Waals surface area contributed by atoms with Gasteiger partial charge in [0, 0.05) is 11.6 Å². The van der Waals surface area contributed by atoms with E-state index in [0.717, 1.165) is 17.7 Å². The number of allylic oxidation sites excluding steroid dienone is 2. The van der Waals surface area contributed by atoms with Crippen LogP contribution in [0.2, 0.25) is 0 Å². The summed E-state index contributed by atoms with van der Waals surface area (Å²) in [5.41, 5.74) is 3.80. The van der Waals surface area contributed by atoms with Gasteiger partial charge in [-0.25, -0.2) is 4.79 Å². The Balaban J connectivity index is 1.79. The van der Waals surface area contributed by atoms with Gasteiger partial charge < -0.3 is 10.4 Å². The summed E-state index contributed by atoms with van der Waals surface area (Å²) in [4.78, 5) is 11.2. The van der Waals surface area contributed by atoms with Crippen molar-refractivity contribution in [3.8, 4) is 0 Å². The summed E-state index contributed by atoms with van der Waals surface area (Å²) in [6, 6.07) is 16.1. The molecule has 2 N–H and O–H groups in total. The molecule has 22 heavy (non-hydrogen) atoms. The van der Waals surface area contributed by atoms with E-state index in [1.165, 1.54) is 5.56 Å². The van der Waals surface area contributed by atoms with E-state index < -0.39 is 5.97 Å². The fourth-order valence-corrected chi connectivity index (χ4v) is 3.72. The minimum atomic E-state index is -0.869. The summed E-state index contributed by atoms with van der Waals surface area (Å²) in [6.07, 6.45) is 5.47. The number of hydrogen-bond acceptors (Lipinski definition) is 2. The van der Waals surface area contributed by atoms with Gasteiger partial charge in [-0.05, 0) is 41.7 Å². The third kappa shape index (κ3) is 2.01. The minimum absolute atomic E-state index is 0.268. The summed E-state index contributed by atoms with van der Waals surface area (Å²) in [5.74, 6) is -0.133. The van der Waals surface area contributed by atoms with Crippen molar-refractivity contribution in [2.24, 2.45) is 5.92 Å². The number of carbonyl (C=O) groups is 1. The first kappa shape index (κ1) is 13.1. The fourth-order valence-electron chi connectivity index (χ4n) is 3.72. The average Bonchev–Trinajstić information content (AvgIpc) is 3.04. The van der Waals surface area contributed by atoms with Crippen LogP contribution in [0.3, 0.4) is 0 Å². The van der Waals surface area contributed by atoms with E-state index in [9.17, 15) is 9.90 Å². The molecule has 0 saturated heterocycles. The van der Waals surface area contributed by atoms with E-state index in [0.29, 0.717) is 17.4 Å². The second kappa shape index (κ2) is 5.02. The molecule has 2 aromatic rings. The molecule has 1 heterocycles. The van der Waals surface area contributed by atoms with Crippen LogP contribution in [-0.4, -0.2) is 11.1 Å². The molecule has 0 spiro atoms. The number of benzene rings is 2. The molecule has 3 heteroatoms. The highest BCUT2D eigenvalue weighted by Crippen LogP contribution is 2.49. The van der Waals surface area contributed by atoms with Gasteiger partial charge in [-0.3, -0.25) is 0 Å². The molecule has 0 unspecified atom stereocenters. The Morgan fingerprint density at radius 2 is 1.95 bits per heavy atom. The molecule has 4 rings (SSSR count). The molecular weight excluding hydrogens is 274 g/mol. The average molecular weight is 291 g/mol. The number of hydrogen-bond donors (Lipinski definition) is 2. The Labute approximate surface area is 129 Å². The first-order chi connectivity index (χ1) is 10.7. The molecule has 1 aliphatic heterocycles. The largest absolute Gasteiger partial charge is 0.478 e. The van der Waals surface area contributed by atoms with Gasteiger partial charge in [0.05, 0.1) is 11.6 Å². The number of carboxylic acid groups (broad SMARTS) is 1. The molecule has 110 valence electrons. The van der Waals surface area contributed by atoms with Crippen LogP contribution in [0.1, 0.15) is 39.9 Å². The second-order valence-electron chi connectivity index (χ2n) is 5.99. The van der Waals surface area contributed by atoms with Gasteiger partial charge in [0.2, 0.25) is 0 Å². The maximum atomic E-state index is 11.2. The van der Waals surface area contributed by atoms with Crippen LogP contribution in [0.5, 0.6) is 0 Å². The van der Waals surface area contributed by atoms with Crippen molar-refractivity contribution < 1.29 is 9.90 Å². The zero-order chi connectivity index (χ0) is 15.1. The summed E-state index contributed by atoms with van der Waals surface area (Å²) >= 11 is 0. The molecule has 0 saturated carbocycles. The highest BCUT2D eigenvalue weighted by atomic mass is 16.4. The summed E-state index contributed by atoms with van der Waals surface area (Å²) in [5, 5.41) is 12.8. The number of carboxylic acids is 1. The van der Waals surface area contributed by atoms with Gasteiger partial charge in [0.1, 0.15) is 0 Å². The number of fused-ring (bicyclic) bond motifs is 3. The molecule has 1 aliphatic carbocycles. The SMILES string of the molecule is O=C(O)c1ccc2c(c1)[C@@H]1C=CC[C@H]1[C@H](c1ccccc1)N2. The Kier molecular flexibility index (Phi) is 3.00. The molecule has 0 radical (unpaired) electrons. The molecule has 3 nitrogen and oxygen atoms in total. The van der Waals surface area contributed by atoms with Crippen LogP contribution in [0, 0.1) is 5.92 Å². The Hall–Kier alpha value is -2.55. The van der Waals surface area contributed by atoms with Crippen LogP contribution in [0.25, 0.3) is 0 Å². The highest BCUT2D eigenvalue weighted by molar-refractivity contribution is 5.89. The van der Waals surface area contributed by atoms with Crippen molar-refractivity contribution in [1.29, 1.82) is 0 Å². The highest BCUT2D eigenvalue weighted by Gasteiger charge is 2.37. The third-order valence-electron chi connectivity index (χ3n) is 4.77. The van der Waals surface area contributed by atoms with Crippen LogP contribution >= 0.6 is 0 Å². The van der Waals surface area contributed by atoms with Crippen molar-refractivity contribution >= 4 is 11.7 Å². The van der Waals surface area contributed by atoms with Crippen molar-refractivity contribution in [3.63, 3.8) is 0 Å². The smallest absolute Gasteiger partial charge is 0.335 e. The predicted molar refractivity (Wildman–Crippen MR) is 86.2 cm³/mol. The standard InChI is InChI=1S/C19H17NO2/c21-19(22)13-9-10-17-16(11-13)14-7-4-8-15(14)18(20-17)12-5-2-1-3-6-12/h1-7,9-11,14-15,18,20H,8H2,(H,21,22)/t14-,15-,18+/m1/s1. The summed E-state index contributed by atoms with van der Waals surface area (Å²) in [7, 11) is 0. The summed E-state index contributed by atoms with van der Waals surface area (Å²) < 4.78 is 0. The fraction of sp³-hybridized carbons (Fsp3) is 0.211. The number of aromatic carboxylic acids is 1. The van der Waals surface area contributed by atoms with Gasteiger partial charge >= 0.3 is 5.97 Å². The maximum Gasteiger partial charge on any atom is 0.335 e. The van der Waals surface area contributed by atoms with Crippen molar-refractivity contribution in [2.75, 3.05) is 5.32 Å². The Morgan fingerprint density at radius 3 is 2.73 bits per heavy atom. The molecule has 0 aromatic heterocycles. The van der Waals surface area contributed by atoms with Crippen LogP contribution < -0.4 is 5.32 Å². The zero-order valence-corrected chi connectivity index (χ0v) is 12.1. The van der Waals surface area contributed by atoms with E-state index in [1.807, 2.05) is 18.2 Å². The molecular formula is C19H17NO2. The zero-order valence-electron chi connectivity index (χ0n) is 12.1. The van der Waals surface area contributed by atoms with E-state index >= 15 is 0 Å². The lowest BCUT2D eigenvalue weighted by atomic mass is 9.76. The van der Waals surface area contributed by atoms with E-state index in [1.54, 1.807) is 6.07 Å². The molecule has 0 amide bonds. The van der Waals surface area contributed by atoms with Crippen LogP contribution in [0.15, 0.2) is 60.7 Å². The maximum absolute atomic E-state index is 11.2. The minimum Gasteiger partial charge on any atom is -0.478 e. The molecule has 2 aromatic carbocycles. The van der Waals surface area contributed by atoms with Gasteiger partial charge in [-0.1, -0.05) is 42.5 Å². The topological polar surface area (TPSA) is 49.3 Å². The van der Waals surface area contributed by atoms with Gasteiger partial charge in [-0.2, -0.15) is 0 Å². The quantitative estimate of drug-likeness (QED) is 0.815. The first-order valence-corrected chi connectivity index (χ1v) is 7.59. The van der Waals surface area contributed by atoms with Crippen LogP contribution in [-0.2, 0) is 0 Å². The van der Waals surface area contributed by atoms with Crippen molar-refractivity contribution in [2.45, 2.75) is 18.4 Å². The van der Waals surface area contributed by atoms with Gasteiger partial charge in [0.15, 0.2) is 0 Å². The normalized spacial score (nSPS) is 25.2. The lowest BCUT2D eigenvalue weighted by Crippen LogP contribution is -2.29. The number of nitrogens with one attached hydrogen (secondary N) is 1. The predicted octanol–water partition coefficient (Wildman–Crippen LogP) is 4.21. The first-order valence-electron chi connectivity index (χ1n) is 7.59. The lowest BCUT2D eigenvalue weighted by molar-refractivity contribution is 0.0696. The lowest BCUT2D eigenvalue weighted by Gasteiger charge is -2.37. The molecule has 0 fully saturated rings. The van der Waals surface area contributed by atoms with Crippen molar-refractivity contribution in [1.82, 2.24) is 0 Å². The molecule has 2 aliphatic rings. The van der Waals surface area contributed by atoms with Crippen molar-refractivity contribution in [3.05, 3.63) is 77.4 Å². The second-order valence-corrected chi connectivity index (χ2v) is 5.99.